The van der Waals surface area contributed by atoms with Crippen LogP contribution in [0.2, 0.25) is 5.02 Å². The van der Waals surface area contributed by atoms with Gasteiger partial charge in [-0.3, -0.25) is 0 Å². The average molecular weight is 223 g/mol. The monoisotopic (exact) mass is 222 g/mol. The highest BCUT2D eigenvalue weighted by molar-refractivity contribution is 6.30. The average Bonchev–Trinajstić information content (AvgIpc) is 2.76. The van der Waals surface area contributed by atoms with Crippen LogP contribution in [0.3, 0.4) is 0 Å². The van der Waals surface area contributed by atoms with Crippen LogP contribution < -0.4 is 10.6 Å². The third kappa shape index (κ3) is 1.35. The fraction of sp³-hybridized carbons (Fsp3) is 0.500. The number of anilines is 1. The second kappa shape index (κ2) is 3.39. The van der Waals surface area contributed by atoms with E-state index < -0.39 is 0 Å². The zero-order valence-electron chi connectivity index (χ0n) is 8.62. The molecule has 0 saturated carbocycles. The topological polar surface area (TPSA) is 29.3 Å². The van der Waals surface area contributed by atoms with Gasteiger partial charge in [-0.25, -0.2) is 0 Å². The minimum Gasteiger partial charge on any atom is -0.364 e. The van der Waals surface area contributed by atoms with Crippen molar-refractivity contribution < 1.29 is 0 Å². The molecule has 2 nitrogen and oxygen atoms in total. The molecule has 0 bridgehead atoms. The summed E-state index contributed by atoms with van der Waals surface area (Å²) in [4.78, 5) is 2.49. The summed E-state index contributed by atoms with van der Waals surface area (Å²) in [5.41, 5.74) is 8.56. The predicted octanol–water partition coefficient (Wildman–Crippen LogP) is 2.19. The Balaban J connectivity index is 2.03. The zero-order chi connectivity index (χ0) is 10.4. The lowest BCUT2D eigenvalue weighted by Crippen LogP contribution is -2.37. The van der Waals surface area contributed by atoms with Crippen LogP contribution in [0.15, 0.2) is 18.2 Å². The van der Waals surface area contributed by atoms with Gasteiger partial charge in [-0.15, -0.1) is 0 Å². The molecule has 1 aromatic carbocycles. The molecule has 15 heavy (non-hydrogen) atoms. The quantitative estimate of drug-likeness (QED) is 0.790. The van der Waals surface area contributed by atoms with Gasteiger partial charge in [0.1, 0.15) is 0 Å². The van der Waals surface area contributed by atoms with Crippen molar-refractivity contribution in [1.29, 1.82) is 0 Å². The number of fused-ring (bicyclic) bond motifs is 3. The molecule has 2 aliphatic heterocycles. The zero-order valence-corrected chi connectivity index (χ0v) is 9.37. The Morgan fingerprint density at radius 1 is 1.40 bits per heavy atom. The fourth-order valence-corrected chi connectivity index (χ4v) is 3.16. The van der Waals surface area contributed by atoms with E-state index >= 15 is 0 Å². The predicted molar refractivity (Wildman–Crippen MR) is 63.5 cm³/mol. The van der Waals surface area contributed by atoms with Gasteiger partial charge < -0.3 is 10.6 Å². The Hall–Kier alpha value is -0.730. The van der Waals surface area contributed by atoms with Crippen molar-refractivity contribution in [3.05, 3.63) is 28.8 Å². The SMILES string of the molecule is NCC1CCC2Cc3ccc(Cl)cc3N12. The Bertz CT molecular complexity index is 389. The van der Waals surface area contributed by atoms with Gasteiger partial charge in [0.05, 0.1) is 0 Å². The van der Waals surface area contributed by atoms with E-state index in [1.807, 2.05) is 6.07 Å². The van der Waals surface area contributed by atoms with Crippen LogP contribution in [-0.4, -0.2) is 18.6 Å². The summed E-state index contributed by atoms with van der Waals surface area (Å²) < 4.78 is 0. The molecule has 1 saturated heterocycles. The molecule has 0 amide bonds. The van der Waals surface area contributed by atoms with Crippen LogP contribution in [0.5, 0.6) is 0 Å². The van der Waals surface area contributed by atoms with Gasteiger partial charge in [0.2, 0.25) is 0 Å². The normalized spacial score (nSPS) is 28.0. The molecule has 2 N–H and O–H groups in total. The summed E-state index contributed by atoms with van der Waals surface area (Å²) in [6.07, 6.45) is 3.67. The van der Waals surface area contributed by atoms with Gasteiger partial charge in [0.15, 0.2) is 0 Å². The van der Waals surface area contributed by atoms with Crippen LogP contribution in [-0.2, 0) is 6.42 Å². The van der Waals surface area contributed by atoms with Gasteiger partial charge in [0.25, 0.3) is 0 Å². The summed E-state index contributed by atoms with van der Waals surface area (Å²) in [6, 6.07) is 7.43. The van der Waals surface area contributed by atoms with Crippen molar-refractivity contribution in [2.75, 3.05) is 11.4 Å². The van der Waals surface area contributed by atoms with E-state index in [0.717, 1.165) is 11.6 Å². The first-order valence-electron chi connectivity index (χ1n) is 5.56. The van der Waals surface area contributed by atoms with E-state index in [-0.39, 0.29) is 0 Å². The van der Waals surface area contributed by atoms with Gasteiger partial charge in [0, 0.05) is 29.3 Å². The van der Waals surface area contributed by atoms with E-state index in [0.29, 0.717) is 12.1 Å². The largest absolute Gasteiger partial charge is 0.364 e. The number of nitrogens with zero attached hydrogens (tertiary/aromatic N) is 1. The van der Waals surface area contributed by atoms with Crippen LogP contribution in [0.25, 0.3) is 0 Å². The van der Waals surface area contributed by atoms with Gasteiger partial charge in [-0.1, -0.05) is 17.7 Å². The second-order valence-electron chi connectivity index (χ2n) is 4.51. The number of halogens is 1. The lowest BCUT2D eigenvalue weighted by atomic mass is 10.1. The standard InChI is InChI=1S/C12H15ClN2/c13-9-2-1-8-5-10-3-4-11(7-14)15(10)12(8)6-9/h1-2,6,10-11H,3-5,7,14H2. The molecule has 80 valence electrons. The fourth-order valence-electron chi connectivity index (χ4n) is 2.99. The van der Waals surface area contributed by atoms with Crippen molar-refractivity contribution in [3.8, 4) is 0 Å². The highest BCUT2D eigenvalue weighted by Crippen LogP contribution is 2.41. The maximum Gasteiger partial charge on any atom is 0.0426 e. The Labute approximate surface area is 95.0 Å². The molecule has 0 spiro atoms. The molecule has 3 rings (SSSR count). The molecule has 2 aliphatic rings. The molecular formula is C12H15ClN2. The molecule has 1 aromatic rings. The van der Waals surface area contributed by atoms with Crippen LogP contribution in [0.1, 0.15) is 18.4 Å². The number of benzene rings is 1. The van der Waals surface area contributed by atoms with E-state index in [1.54, 1.807) is 0 Å². The highest BCUT2D eigenvalue weighted by atomic mass is 35.5. The maximum atomic E-state index is 6.05. The molecule has 0 aliphatic carbocycles. The van der Waals surface area contributed by atoms with E-state index in [1.165, 1.54) is 30.5 Å². The molecule has 1 fully saturated rings. The third-order valence-corrected chi connectivity index (χ3v) is 3.91. The van der Waals surface area contributed by atoms with Crippen LogP contribution in [0, 0.1) is 0 Å². The Morgan fingerprint density at radius 2 is 2.27 bits per heavy atom. The molecule has 2 heterocycles. The smallest absolute Gasteiger partial charge is 0.0426 e. The summed E-state index contributed by atoms with van der Waals surface area (Å²) in [7, 11) is 0. The summed E-state index contributed by atoms with van der Waals surface area (Å²) in [6.45, 7) is 0.752. The van der Waals surface area contributed by atoms with Crippen LogP contribution in [0.4, 0.5) is 5.69 Å². The first-order valence-corrected chi connectivity index (χ1v) is 5.94. The van der Waals surface area contributed by atoms with Crippen molar-refractivity contribution in [3.63, 3.8) is 0 Å². The van der Waals surface area contributed by atoms with Crippen molar-refractivity contribution in [1.82, 2.24) is 0 Å². The second-order valence-corrected chi connectivity index (χ2v) is 4.94. The molecular weight excluding hydrogens is 208 g/mol. The third-order valence-electron chi connectivity index (χ3n) is 3.67. The number of hydrogen-bond acceptors (Lipinski definition) is 2. The van der Waals surface area contributed by atoms with Gasteiger partial charge in [-0.05, 0) is 37.0 Å². The van der Waals surface area contributed by atoms with Crippen LogP contribution >= 0.6 is 11.6 Å². The molecule has 2 atom stereocenters. The van der Waals surface area contributed by atoms with Gasteiger partial charge in [-0.2, -0.15) is 0 Å². The van der Waals surface area contributed by atoms with Crippen molar-refractivity contribution in [2.45, 2.75) is 31.3 Å². The number of hydrogen-bond donors (Lipinski definition) is 1. The Kier molecular flexibility index (Phi) is 2.15. The number of nitrogens with two attached hydrogens (primary N) is 1. The maximum absolute atomic E-state index is 6.05. The first kappa shape index (κ1) is 9.49. The molecule has 0 aromatic heterocycles. The Morgan fingerprint density at radius 3 is 3.07 bits per heavy atom. The molecule has 3 heteroatoms. The minimum atomic E-state index is 0.523. The lowest BCUT2D eigenvalue weighted by Gasteiger charge is -2.26. The van der Waals surface area contributed by atoms with E-state index in [4.69, 9.17) is 17.3 Å². The molecule has 0 radical (unpaired) electrons. The first-order chi connectivity index (χ1) is 7.29. The summed E-state index contributed by atoms with van der Waals surface area (Å²) in [5, 5.41) is 0.831. The minimum absolute atomic E-state index is 0.523. The van der Waals surface area contributed by atoms with Crippen molar-refractivity contribution >= 4 is 17.3 Å². The lowest BCUT2D eigenvalue weighted by molar-refractivity contribution is 0.659. The summed E-state index contributed by atoms with van der Waals surface area (Å²) in [5.74, 6) is 0. The van der Waals surface area contributed by atoms with Crippen molar-refractivity contribution in [2.24, 2.45) is 5.73 Å². The van der Waals surface area contributed by atoms with E-state index in [9.17, 15) is 0 Å². The molecule has 2 unspecified atom stereocenters. The van der Waals surface area contributed by atoms with E-state index in [2.05, 4.69) is 17.0 Å². The highest BCUT2D eigenvalue weighted by Gasteiger charge is 2.38. The number of rotatable bonds is 1. The summed E-state index contributed by atoms with van der Waals surface area (Å²) >= 11 is 6.05. The van der Waals surface area contributed by atoms with Gasteiger partial charge >= 0.3 is 0 Å².